The molecule has 2 heteroatoms. The van der Waals surface area contributed by atoms with Gasteiger partial charge < -0.3 is 17.0 Å². The third-order valence-electron chi connectivity index (χ3n) is 3.06. The number of hydrogen-bond acceptors (Lipinski definition) is 0. The van der Waals surface area contributed by atoms with Crippen LogP contribution in [-0.2, 0) is 6.42 Å². The van der Waals surface area contributed by atoms with E-state index in [9.17, 15) is 0 Å². The molecule has 86 valence electrons. The highest BCUT2D eigenvalue weighted by molar-refractivity contribution is 5.79. The molecule has 0 bridgehead atoms. The van der Waals surface area contributed by atoms with Gasteiger partial charge in [-0.15, -0.1) is 0 Å². The van der Waals surface area contributed by atoms with Crippen molar-refractivity contribution in [1.82, 2.24) is 0 Å². The number of hydrogen-bond donors (Lipinski definition) is 0. The molecular formula is C15H14BrN. The highest BCUT2D eigenvalue weighted by atomic mass is 79.9. The molecule has 1 nitrogen and oxygen atoms in total. The molecular weight excluding hydrogens is 274 g/mol. The van der Waals surface area contributed by atoms with Gasteiger partial charge in [0.25, 0.3) is 0 Å². The van der Waals surface area contributed by atoms with Gasteiger partial charge in [0, 0.05) is 24.1 Å². The van der Waals surface area contributed by atoms with Crippen molar-refractivity contribution in [3.8, 4) is 0 Å². The second-order valence-corrected chi connectivity index (χ2v) is 4.11. The molecule has 0 atom stereocenters. The van der Waals surface area contributed by atoms with Crippen LogP contribution >= 0.6 is 0 Å². The Morgan fingerprint density at radius 2 is 1.53 bits per heavy atom. The van der Waals surface area contributed by atoms with Crippen molar-refractivity contribution in [3.05, 3.63) is 65.7 Å². The van der Waals surface area contributed by atoms with Crippen LogP contribution in [0.2, 0.25) is 0 Å². The number of para-hydroxylation sites is 1. The molecule has 0 radical (unpaired) electrons. The summed E-state index contributed by atoms with van der Waals surface area (Å²) in [6.07, 6.45) is 3.37. The van der Waals surface area contributed by atoms with E-state index in [2.05, 4.69) is 65.4 Å². The first-order valence-corrected chi connectivity index (χ1v) is 5.68. The maximum Gasteiger partial charge on any atom is 0.205 e. The fraction of sp³-hybridized carbons (Fsp3) is 0.133. The number of rotatable bonds is 1. The zero-order chi connectivity index (χ0) is 10.8. The predicted octanol–water partition coefficient (Wildman–Crippen LogP) is 0.00980. The standard InChI is InChI=1S/C15H14N.BrH/c1-2-8-15(9-3-1)16-11-10-13-6-4-5-7-14(13)12-16;/h1-9,12H,10-11H2;1H/q+1;/p-1. The Bertz CT molecular complexity index is 532. The van der Waals surface area contributed by atoms with Crippen LogP contribution in [0.15, 0.2) is 54.6 Å². The van der Waals surface area contributed by atoms with Crippen molar-refractivity contribution in [1.29, 1.82) is 0 Å². The summed E-state index contributed by atoms with van der Waals surface area (Å²) in [6, 6.07) is 19.2. The second kappa shape index (κ2) is 5.28. The highest BCUT2D eigenvalue weighted by Crippen LogP contribution is 2.17. The summed E-state index contributed by atoms with van der Waals surface area (Å²) < 4.78 is 2.32. The van der Waals surface area contributed by atoms with Gasteiger partial charge in [-0.3, -0.25) is 0 Å². The number of halogens is 1. The van der Waals surface area contributed by atoms with E-state index in [4.69, 9.17) is 0 Å². The lowest BCUT2D eigenvalue weighted by atomic mass is 10.0. The van der Waals surface area contributed by atoms with E-state index in [-0.39, 0.29) is 17.0 Å². The Hall–Kier alpha value is -1.41. The van der Waals surface area contributed by atoms with Crippen molar-refractivity contribution in [2.75, 3.05) is 6.54 Å². The summed E-state index contributed by atoms with van der Waals surface area (Å²) >= 11 is 0. The molecule has 0 fully saturated rings. The summed E-state index contributed by atoms with van der Waals surface area (Å²) in [4.78, 5) is 0. The van der Waals surface area contributed by atoms with E-state index < -0.39 is 0 Å². The van der Waals surface area contributed by atoms with Gasteiger partial charge in [-0.2, -0.15) is 4.58 Å². The smallest absolute Gasteiger partial charge is 0.205 e. The van der Waals surface area contributed by atoms with Gasteiger partial charge in [0.1, 0.15) is 0 Å². The molecule has 2 aromatic carbocycles. The maximum atomic E-state index is 2.32. The topological polar surface area (TPSA) is 3.01 Å². The van der Waals surface area contributed by atoms with Gasteiger partial charge >= 0.3 is 0 Å². The molecule has 1 aliphatic heterocycles. The molecule has 17 heavy (non-hydrogen) atoms. The van der Waals surface area contributed by atoms with Gasteiger partial charge in [-0.05, 0) is 11.6 Å². The quantitative estimate of drug-likeness (QED) is 0.650. The number of nitrogens with zero attached hydrogens (tertiary/aromatic N) is 1. The molecule has 1 heterocycles. The molecule has 0 aromatic heterocycles. The molecule has 0 unspecified atom stereocenters. The van der Waals surface area contributed by atoms with Crippen molar-refractivity contribution in [2.45, 2.75) is 6.42 Å². The SMILES string of the molecule is C1=[N+](c2ccccc2)CCc2ccccc21.[Br-]. The van der Waals surface area contributed by atoms with Crippen LogP contribution in [0.1, 0.15) is 11.1 Å². The van der Waals surface area contributed by atoms with Crippen LogP contribution in [0.3, 0.4) is 0 Å². The average Bonchev–Trinajstić information content (AvgIpc) is 2.39. The van der Waals surface area contributed by atoms with Crippen LogP contribution in [-0.4, -0.2) is 17.3 Å². The van der Waals surface area contributed by atoms with Crippen LogP contribution in [0.25, 0.3) is 0 Å². The first kappa shape index (κ1) is 12.1. The molecule has 0 spiro atoms. The van der Waals surface area contributed by atoms with Gasteiger partial charge in [0.15, 0.2) is 12.8 Å². The molecule has 0 amide bonds. The minimum absolute atomic E-state index is 0. The van der Waals surface area contributed by atoms with Crippen LogP contribution < -0.4 is 17.0 Å². The Balaban J connectivity index is 0.00000108. The number of fused-ring (bicyclic) bond motifs is 1. The highest BCUT2D eigenvalue weighted by Gasteiger charge is 2.16. The fourth-order valence-electron chi connectivity index (χ4n) is 2.18. The third kappa shape index (κ3) is 2.47. The monoisotopic (exact) mass is 287 g/mol. The van der Waals surface area contributed by atoms with E-state index in [1.807, 2.05) is 0 Å². The van der Waals surface area contributed by atoms with Crippen LogP contribution in [0, 0.1) is 0 Å². The zero-order valence-electron chi connectivity index (χ0n) is 9.51. The summed E-state index contributed by atoms with van der Waals surface area (Å²) in [5, 5.41) is 0. The lowest BCUT2D eigenvalue weighted by Gasteiger charge is -2.11. The largest absolute Gasteiger partial charge is 1.00 e. The summed E-state index contributed by atoms with van der Waals surface area (Å²) in [5.41, 5.74) is 4.07. The van der Waals surface area contributed by atoms with Crippen molar-refractivity contribution >= 4 is 11.9 Å². The molecule has 0 saturated carbocycles. The Morgan fingerprint density at radius 1 is 0.824 bits per heavy atom. The molecule has 1 aliphatic rings. The van der Waals surface area contributed by atoms with E-state index >= 15 is 0 Å². The van der Waals surface area contributed by atoms with Crippen molar-refractivity contribution < 1.29 is 21.6 Å². The minimum Gasteiger partial charge on any atom is -1.00 e. The zero-order valence-corrected chi connectivity index (χ0v) is 11.1. The predicted molar refractivity (Wildman–Crippen MR) is 66.5 cm³/mol. The van der Waals surface area contributed by atoms with Gasteiger partial charge in [0.2, 0.25) is 5.69 Å². The van der Waals surface area contributed by atoms with Gasteiger partial charge in [0.05, 0.1) is 0 Å². The third-order valence-corrected chi connectivity index (χ3v) is 3.06. The maximum absolute atomic E-state index is 2.32. The fourth-order valence-corrected chi connectivity index (χ4v) is 2.18. The lowest BCUT2D eigenvalue weighted by Crippen LogP contribution is -3.00. The molecule has 0 saturated heterocycles. The average molecular weight is 288 g/mol. The lowest BCUT2D eigenvalue weighted by molar-refractivity contribution is -0.436. The van der Waals surface area contributed by atoms with E-state index in [0.717, 1.165) is 13.0 Å². The Kier molecular flexibility index (Phi) is 3.75. The van der Waals surface area contributed by atoms with Crippen LogP contribution in [0.4, 0.5) is 5.69 Å². The first-order chi connectivity index (χ1) is 7.93. The summed E-state index contributed by atoms with van der Waals surface area (Å²) in [7, 11) is 0. The van der Waals surface area contributed by atoms with E-state index in [1.165, 1.54) is 16.8 Å². The van der Waals surface area contributed by atoms with E-state index in [0.29, 0.717) is 0 Å². The van der Waals surface area contributed by atoms with Gasteiger partial charge in [-0.25, -0.2) is 0 Å². The molecule has 2 aromatic rings. The van der Waals surface area contributed by atoms with E-state index in [1.54, 1.807) is 0 Å². The van der Waals surface area contributed by atoms with Crippen LogP contribution in [0.5, 0.6) is 0 Å². The first-order valence-electron chi connectivity index (χ1n) is 5.68. The summed E-state index contributed by atoms with van der Waals surface area (Å²) in [6.45, 7) is 1.07. The summed E-state index contributed by atoms with van der Waals surface area (Å²) in [5.74, 6) is 0. The number of benzene rings is 2. The van der Waals surface area contributed by atoms with Crippen molar-refractivity contribution in [2.24, 2.45) is 0 Å². The minimum atomic E-state index is 0. The molecule has 0 N–H and O–H groups in total. The second-order valence-electron chi connectivity index (χ2n) is 4.11. The normalized spacial score (nSPS) is 13.3. The van der Waals surface area contributed by atoms with Crippen molar-refractivity contribution in [3.63, 3.8) is 0 Å². The van der Waals surface area contributed by atoms with Gasteiger partial charge in [-0.1, -0.05) is 36.4 Å². The Labute approximate surface area is 112 Å². The molecule has 3 rings (SSSR count). The molecule has 0 aliphatic carbocycles. The Morgan fingerprint density at radius 3 is 2.35 bits per heavy atom.